The highest BCUT2D eigenvalue weighted by Crippen LogP contribution is 2.40. The van der Waals surface area contributed by atoms with Gasteiger partial charge in [0.15, 0.2) is 5.11 Å². The minimum atomic E-state index is -0.383. The Morgan fingerprint density at radius 2 is 1.38 bits per heavy atom. The number of thiophene rings is 1. The highest BCUT2D eigenvalue weighted by atomic mass is 32.1. The van der Waals surface area contributed by atoms with Crippen LogP contribution in [0.3, 0.4) is 0 Å². The fraction of sp³-hybridized carbons (Fsp3) is 0.143. The fourth-order valence-electron chi connectivity index (χ4n) is 3.87. The van der Waals surface area contributed by atoms with E-state index < -0.39 is 0 Å². The Morgan fingerprint density at radius 3 is 1.88 bits per heavy atom. The standard InChI is InChI=1S/C28H26N2O2S2/c1-20-24(23-16-10-5-11-17-23)25(27(31)32-2)26(34-20)29-28(33)30(18-21-12-6-3-7-13-21)19-22-14-8-4-9-15-22/h3-17H,18-19H2,1-2H3,(H,29,33). The third kappa shape index (κ3) is 5.53. The third-order valence-corrected chi connectivity index (χ3v) is 6.86. The Hall–Kier alpha value is -3.48. The van der Waals surface area contributed by atoms with Crippen LogP contribution in [0.2, 0.25) is 0 Å². The molecule has 0 aliphatic rings. The summed E-state index contributed by atoms with van der Waals surface area (Å²) in [6.07, 6.45) is 0. The predicted molar refractivity (Wildman–Crippen MR) is 144 cm³/mol. The molecule has 0 fully saturated rings. The molecule has 172 valence electrons. The first kappa shape index (κ1) is 23.7. The van der Waals surface area contributed by atoms with Crippen molar-refractivity contribution in [2.24, 2.45) is 0 Å². The van der Waals surface area contributed by atoms with Gasteiger partial charge in [0.2, 0.25) is 0 Å². The van der Waals surface area contributed by atoms with Gasteiger partial charge in [0.05, 0.1) is 7.11 Å². The molecule has 0 saturated carbocycles. The van der Waals surface area contributed by atoms with E-state index in [4.69, 9.17) is 17.0 Å². The molecule has 0 aliphatic carbocycles. The van der Waals surface area contributed by atoms with Crippen LogP contribution in [-0.4, -0.2) is 23.1 Å². The van der Waals surface area contributed by atoms with E-state index in [-0.39, 0.29) is 5.97 Å². The van der Waals surface area contributed by atoms with E-state index in [0.29, 0.717) is 28.8 Å². The number of hydrogen-bond donors (Lipinski definition) is 1. The maximum Gasteiger partial charge on any atom is 0.341 e. The van der Waals surface area contributed by atoms with Gasteiger partial charge in [-0.05, 0) is 35.8 Å². The molecule has 6 heteroatoms. The van der Waals surface area contributed by atoms with Gasteiger partial charge in [-0.1, -0.05) is 91.0 Å². The molecule has 1 N–H and O–H groups in total. The second kappa shape index (κ2) is 11.1. The second-order valence-electron chi connectivity index (χ2n) is 7.85. The van der Waals surface area contributed by atoms with Crippen LogP contribution in [0.15, 0.2) is 91.0 Å². The Morgan fingerprint density at radius 1 is 0.882 bits per heavy atom. The van der Waals surface area contributed by atoms with Crippen molar-refractivity contribution < 1.29 is 9.53 Å². The molecule has 0 saturated heterocycles. The molecule has 0 spiro atoms. The molecule has 0 bridgehead atoms. The average Bonchev–Trinajstić information content (AvgIpc) is 3.20. The number of esters is 1. The number of carbonyl (C=O) groups excluding carboxylic acids is 1. The van der Waals surface area contributed by atoms with Gasteiger partial charge in [0.1, 0.15) is 10.6 Å². The Kier molecular flexibility index (Phi) is 7.72. The molecule has 34 heavy (non-hydrogen) atoms. The largest absolute Gasteiger partial charge is 0.465 e. The van der Waals surface area contributed by atoms with Crippen molar-refractivity contribution in [2.75, 3.05) is 12.4 Å². The third-order valence-electron chi connectivity index (χ3n) is 5.48. The van der Waals surface area contributed by atoms with E-state index in [1.807, 2.05) is 73.7 Å². The lowest BCUT2D eigenvalue weighted by atomic mass is 10.0. The molecule has 0 unspecified atom stereocenters. The lowest BCUT2D eigenvalue weighted by Gasteiger charge is -2.26. The quantitative estimate of drug-likeness (QED) is 0.227. The highest BCUT2D eigenvalue weighted by molar-refractivity contribution is 7.80. The summed E-state index contributed by atoms with van der Waals surface area (Å²) in [5.74, 6) is -0.383. The molecule has 4 nitrogen and oxygen atoms in total. The zero-order valence-corrected chi connectivity index (χ0v) is 20.8. The molecule has 1 heterocycles. The number of aryl methyl sites for hydroxylation is 1. The van der Waals surface area contributed by atoms with Crippen LogP contribution in [-0.2, 0) is 17.8 Å². The lowest BCUT2D eigenvalue weighted by Crippen LogP contribution is -2.34. The molecule has 4 rings (SSSR count). The number of thiocarbonyl (C=S) groups is 1. The van der Waals surface area contributed by atoms with Crippen molar-refractivity contribution in [1.82, 2.24) is 4.90 Å². The fourth-order valence-corrected chi connectivity index (χ4v) is 5.22. The Balaban J connectivity index is 1.67. The van der Waals surface area contributed by atoms with E-state index in [1.54, 1.807) is 0 Å². The number of rotatable bonds is 7. The van der Waals surface area contributed by atoms with Crippen molar-refractivity contribution >= 4 is 39.6 Å². The van der Waals surface area contributed by atoms with Crippen LogP contribution < -0.4 is 5.32 Å². The van der Waals surface area contributed by atoms with Gasteiger partial charge in [0, 0.05) is 23.5 Å². The van der Waals surface area contributed by atoms with Crippen LogP contribution in [0, 0.1) is 6.92 Å². The van der Waals surface area contributed by atoms with Gasteiger partial charge in [-0.2, -0.15) is 0 Å². The lowest BCUT2D eigenvalue weighted by molar-refractivity contribution is 0.0603. The highest BCUT2D eigenvalue weighted by Gasteiger charge is 2.25. The SMILES string of the molecule is COC(=O)c1c(NC(=S)N(Cc2ccccc2)Cc2ccccc2)sc(C)c1-c1ccccc1. The van der Waals surface area contributed by atoms with E-state index in [9.17, 15) is 4.79 Å². The van der Waals surface area contributed by atoms with Crippen LogP contribution in [0.5, 0.6) is 0 Å². The summed E-state index contributed by atoms with van der Waals surface area (Å²) >= 11 is 7.39. The summed E-state index contributed by atoms with van der Waals surface area (Å²) in [5, 5.41) is 4.62. The monoisotopic (exact) mass is 486 g/mol. The van der Waals surface area contributed by atoms with Gasteiger partial charge in [-0.15, -0.1) is 11.3 Å². The second-order valence-corrected chi connectivity index (χ2v) is 9.46. The molecule has 1 aromatic heterocycles. The summed E-state index contributed by atoms with van der Waals surface area (Å²) in [5.41, 5.74) is 4.67. The van der Waals surface area contributed by atoms with E-state index in [1.165, 1.54) is 18.4 Å². The van der Waals surface area contributed by atoms with E-state index >= 15 is 0 Å². The zero-order valence-electron chi connectivity index (χ0n) is 19.2. The first-order valence-electron chi connectivity index (χ1n) is 11.0. The summed E-state index contributed by atoms with van der Waals surface area (Å²) in [7, 11) is 1.41. The van der Waals surface area contributed by atoms with E-state index in [0.717, 1.165) is 27.1 Å². The van der Waals surface area contributed by atoms with Gasteiger partial charge in [-0.25, -0.2) is 4.79 Å². The summed E-state index contributed by atoms with van der Waals surface area (Å²) in [6, 6.07) is 30.3. The van der Waals surface area contributed by atoms with Crippen molar-refractivity contribution in [3.8, 4) is 11.1 Å². The molecule has 0 amide bonds. The van der Waals surface area contributed by atoms with Crippen LogP contribution in [0.25, 0.3) is 11.1 Å². The molecular weight excluding hydrogens is 460 g/mol. The first-order chi connectivity index (χ1) is 16.6. The number of nitrogens with zero attached hydrogens (tertiary/aromatic N) is 1. The molecule has 4 aromatic rings. The minimum absolute atomic E-state index is 0.383. The van der Waals surface area contributed by atoms with Crippen molar-refractivity contribution in [3.05, 3.63) is 113 Å². The van der Waals surface area contributed by atoms with Crippen molar-refractivity contribution in [2.45, 2.75) is 20.0 Å². The predicted octanol–water partition coefficient (Wildman–Crippen LogP) is 6.91. The van der Waals surface area contributed by atoms with Gasteiger partial charge >= 0.3 is 5.97 Å². The van der Waals surface area contributed by atoms with Crippen LogP contribution >= 0.6 is 23.6 Å². The zero-order chi connectivity index (χ0) is 23.9. The average molecular weight is 487 g/mol. The molecule has 3 aromatic carbocycles. The summed E-state index contributed by atoms with van der Waals surface area (Å²) < 4.78 is 5.16. The molecule has 0 radical (unpaired) electrons. The van der Waals surface area contributed by atoms with Crippen molar-refractivity contribution in [1.29, 1.82) is 0 Å². The number of hydrogen-bond acceptors (Lipinski definition) is 4. The van der Waals surface area contributed by atoms with E-state index in [2.05, 4.69) is 34.5 Å². The summed E-state index contributed by atoms with van der Waals surface area (Å²) in [4.78, 5) is 16.0. The Bertz CT molecular complexity index is 1210. The van der Waals surface area contributed by atoms with Gasteiger partial charge in [-0.3, -0.25) is 0 Å². The summed E-state index contributed by atoms with van der Waals surface area (Å²) in [6.45, 7) is 3.30. The molecule has 0 atom stereocenters. The minimum Gasteiger partial charge on any atom is -0.465 e. The Labute approximate surface area is 209 Å². The number of anilines is 1. The number of nitrogens with one attached hydrogen (secondary N) is 1. The number of benzene rings is 3. The number of carbonyl (C=O) groups is 1. The smallest absolute Gasteiger partial charge is 0.341 e. The topological polar surface area (TPSA) is 41.6 Å². The number of ether oxygens (including phenoxy) is 1. The molecule has 0 aliphatic heterocycles. The first-order valence-corrected chi connectivity index (χ1v) is 12.2. The normalized spacial score (nSPS) is 10.5. The van der Waals surface area contributed by atoms with Gasteiger partial charge < -0.3 is 15.0 Å². The number of methoxy groups -OCH3 is 1. The maximum absolute atomic E-state index is 12.9. The molecular formula is C28H26N2O2S2. The van der Waals surface area contributed by atoms with Gasteiger partial charge in [0.25, 0.3) is 0 Å². The van der Waals surface area contributed by atoms with Crippen molar-refractivity contribution in [3.63, 3.8) is 0 Å². The maximum atomic E-state index is 12.9. The van der Waals surface area contributed by atoms with Crippen LogP contribution in [0.4, 0.5) is 5.00 Å². The van der Waals surface area contributed by atoms with Crippen LogP contribution in [0.1, 0.15) is 26.4 Å².